The summed E-state index contributed by atoms with van der Waals surface area (Å²) in [5, 5.41) is 5.81. The van der Waals surface area contributed by atoms with Crippen molar-refractivity contribution in [1.82, 2.24) is 9.78 Å². The molecule has 0 bridgehead atoms. The first-order chi connectivity index (χ1) is 9.34. The fourth-order valence-electron chi connectivity index (χ4n) is 1.57. The molecule has 2 rings (SSSR count). The van der Waals surface area contributed by atoms with E-state index in [9.17, 15) is 18.0 Å². The molecule has 0 radical (unpaired) electrons. The maximum absolute atomic E-state index is 12.3. The summed E-state index contributed by atoms with van der Waals surface area (Å²) in [5.41, 5.74) is 5.46. The van der Waals surface area contributed by atoms with Crippen LogP contribution in [0.4, 0.5) is 24.5 Å². The van der Waals surface area contributed by atoms with Crippen LogP contribution >= 0.6 is 0 Å². The van der Waals surface area contributed by atoms with Crippen molar-refractivity contribution in [2.24, 2.45) is 0 Å². The number of halogens is 3. The third kappa shape index (κ3) is 3.50. The lowest BCUT2D eigenvalue weighted by Crippen LogP contribution is -2.19. The topological polar surface area (TPSA) is 72.9 Å². The number of nitrogens with zero attached hydrogens (tertiary/aromatic N) is 2. The fourth-order valence-corrected chi connectivity index (χ4v) is 1.57. The van der Waals surface area contributed by atoms with E-state index in [1.54, 1.807) is 24.3 Å². The van der Waals surface area contributed by atoms with Gasteiger partial charge in [-0.05, 0) is 24.3 Å². The Bertz CT molecular complexity index is 621. The molecule has 0 aliphatic heterocycles. The molecule has 2 aromatic rings. The van der Waals surface area contributed by atoms with Crippen molar-refractivity contribution < 1.29 is 18.0 Å². The highest BCUT2D eigenvalue weighted by Crippen LogP contribution is 2.27. The third-order valence-electron chi connectivity index (χ3n) is 2.41. The summed E-state index contributed by atoms with van der Waals surface area (Å²) in [5.74, 6) is -0.493. The number of alkyl halides is 3. The number of carbonyl (C=O) groups excluding carboxylic acids is 1. The van der Waals surface area contributed by atoms with E-state index in [4.69, 9.17) is 5.73 Å². The van der Waals surface area contributed by atoms with Gasteiger partial charge in [-0.25, -0.2) is 0 Å². The number of nitrogens with one attached hydrogen (secondary N) is 1. The average Bonchev–Trinajstić information content (AvgIpc) is 2.76. The SMILES string of the molecule is Nc1cccc(NC(=O)Cn2ccc(C(F)(F)F)n2)c1. The molecule has 106 valence electrons. The van der Waals surface area contributed by atoms with Crippen LogP contribution in [0.5, 0.6) is 0 Å². The normalized spacial score (nSPS) is 11.3. The van der Waals surface area contributed by atoms with Crippen LogP contribution in [0.1, 0.15) is 5.69 Å². The van der Waals surface area contributed by atoms with Crippen LogP contribution in [0, 0.1) is 0 Å². The Labute approximate surface area is 112 Å². The van der Waals surface area contributed by atoms with E-state index in [0.717, 1.165) is 16.9 Å². The fraction of sp³-hybridized carbons (Fsp3) is 0.167. The van der Waals surface area contributed by atoms with Crippen LogP contribution in [-0.2, 0) is 17.5 Å². The number of nitrogen functional groups attached to an aromatic ring is 1. The van der Waals surface area contributed by atoms with Crippen molar-refractivity contribution in [3.63, 3.8) is 0 Å². The van der Waals surface area contributed by atoms with Gasteiger partial charge in [0.1, 0.15) is 6.54 Å². The molecule has 0 unspecified atom stereocenters. The van der Waals surface area contributed by atoms with E-state index < -0.39 is 17.8 Å². The van der Waals surface area contributed by atoms with Gasteiger partial charge in [0.05, 0.1) is 0 Å². The van der Waals surface area contributed by atoms with Gasteiger partial charge in [-0.1, -0.05) is 6.07 Å². The highest BCUT2D eigenvalue weighted by atomic mass is 19.4. The van der Waals surface area contributed by atoms with Gasteiger partial charge in [0, 0.05) is 17.6 Å². The molecule has 8 heteroatoms. The standard InChI is InChI=1S/C12H11F3N4O/c13-12(14,15)10-4-5-19(18-10)7-11(20)17-9-3-1-2-8(16)6-9/h1-6H,7,16H2,(H,17,20). The average molecular weight is 284 g/mol. The Balaban J connectivity index is 2.00. The summed E-state index contributed by atoms with van der Waals surface area (Å²) < 4.78 is 37.9. The van der Waals surface area contributed by atoms with Gasteiger partial charge in [-0.3, -0.25) is 9.48 Å². The van der Waals surface area contributed by atoms with Gasteiger partial charge in [-0.15, -0.1) is 0 Å². The van der Waals surface area contributed by atoms with E-state index in [-0.39, 0.29) is 6.54 Å². The lowest BCUT2D eigenvalue weighted by molar-refractivity contribution is -0.141. The zero-order chi connectivity index (χ0) is 14.8. The highest BCUT2D eigenvalue weighted by molar-refractivity contribution is 5.90. The Morgan fingerprint density at radius 3 is 2.70 bits per heavy atom. The largest absolute Gasteiger partial charge is 0.435 e. The van der Waals surface area contributed by atoms with Crippen molar-refractivity contribution in [3.05, 3.63) is 42.2 Å². The van der Waals surface area contributed by atoms with Crippen molar-refractivity contribution in [1.29, 1.82) is 0 Å². The lowest BCUT2D eigenvalue weighted by Gasteiger charge is -2.06. The minimum absolute atomic E-state index is 0.315. The van der Waals surface area contributed by atoms with Gasteiger partial charge in [0.15, 0.2) is 5.69 Å². The number of carbonyl (C=O) groups is 1. The Kier molecular flexibility index (Phi) is 3.64. The molecule has 20 heavy (non-hydrogen) atoms. The van der Waals surface area contributed by atoms with Gasteiger partial charge in [0.2, 0.25) is 5.91 Å². The molecule has 0 aliphatic carbocycles. The summed E-state index contributed by atoms with van der Waals surface area (Å²) >= 11 is 0. The number of benzene rings is 1. The minimum atomic E-state index is -4.52. The zero-order valence-electron chi connectivity index (χ0n) is 10.2. The summed E-state index contributed by atoms with van der Waals surface area (Å²) in [7, 11) is 0. The second-order valence-electron chi connectivity index (χ2n) is 4.07. The molecule has 0 aliphatic rings. The quantitative estimate of drug-likeness (QED) is 0.848. The third-order valence-corrected chi connectivity index (χ3v) is 2.41. The lowest BCUT2D eigenvalue weighted by atomic mass is 10.3. The second-order valence-corrected chi connectivity index (χ2v) is 4.07. The number of nitrogens with two attached hydrogens (primary N) is 1. The van der Waals surface area contributed by atoms with Crippen LogP contribution in [-0.4, -0.2) is 15.7 Å². The first kappa shape index (κ1) is 13.9. The van der Waals surface area contributed by atoms with Crippen LogP contribution < -0.4 is 11.1 Å². The molecule has 0 fully saturated rings. The van der Waals surface area contributed by atoms with Crippen LogP contribution in [0.15, 0.2) is 36.5 Å². The van der Waals surface area contributed by atoms with Gasteiger partial charge in [-0.2, -0.15) is 18.3 Å². The summed E-state index contributed by atoms with van der Waals surface area (Å²) in [4.78, 5) is 11.7. The minimum Gasteiger partial charge on any atom is -0.399 e. The predicted molar refractivity (Wildman–Crippen MR) is 66.7 cm³/mol. The number of amides is 1. The first-order valence-corrected chi connectivity index (χ1v) is 5.60. The molecule has 1 heterocycles. The molecule has 0 saturated carbocycles. The Morgan fingerprint density at radius 1 is 1.35 bits per heavy atom. The van der Waals surface area contributed by atoms with Crippen LogP contribution in [0.25, 0.3) is 0 Å². The van der Waals surface area contributed by atoms with Crippen molar-refractivity contribution in [2.45, 2.75) is 12.7 Å². The van der Waals surface area contributed by atoms with Crippen molar-refractivity contribution in [3.8, 4) is 0 Å². The second kappa shape index (κ2) is 5.24. The number of aromatic nitrogens is 2. The van der Waals surface area contributed by atoms with Crippen molar-refractivity contribution in [2.75, 3.05) is 11.1 Å². The van der Waals surface area contributed by atoms with E-state index in [1.807, 2.05) is 0 Å². The molecule has 1 amide bonds. The predicted octanol–water partition coefficient (Wildman–Crippen LogP) is 2.12. The van der Waals surface area contributed by atoms with E-state index in [2.05, 4.69) is 10.4 Å². The number of rotatable bonds is 3. The van der Waals surface area contributed by atoms with Gasteiger partial charge in [0.25, 0.3) is 0 Å². The molecular weight excluding hydrogens is 273 g/mol. The molecule has 5 nitrogen and oxygen atoms in total. The molecule has 0 atom stereocenters. The van der Waals surface area contributed by atoms with Gasteiger partial charge >= 0.3 is 6.18 Å². The Hall–Kier alpha value is -2.51. The van der Waals surface area contributed by atoms with Crippen molar-refractivity contribution >= 4 is 17.3 Å². The number of anilines is 2. The number of hydrogen-bond donors (Lipinski definition) is 2. The molecular formula is C12H11F3N4O. The summed E-state index contributed by atoms with van der Waals surface area (Å²) in [6.07, 6.45) is -3.42. The Morgan fingerprint density at radius 2 is 2.10 bits per heavy atom. The molecule has 0 spiro atoms. The highest BCUT2D eigenvalue weighted by Gasteiger charge is 2.33. The zero-order valence-corrected chi connectivity index (χ0v) is 10.2. The first-order valence-electron chi connectivity index (χ1n) is 5.60. The van der Waals surface area contributed by atoms with Crippen LogP contribution in [0.2, 0.25) is 0 Å². The maximum atomic E-state index is 12.3. The molecule has 3 N–H and O–H groups in total. The van der Waals surface area contributed by atoms with E-state index >= 15 is 0 Å². The maximum Gasteiger partial charge on any atom is 0.435 e. The number of hydrogen-bond acceptors (Lipinski definition) is 3. The van der Waals surface area contributed by atoms with E-state index in [1.165, 1.54) is 0 Å². The summed E-state index contributed by atoms with van der Waals surface area (Å²) in [6.45, 7) is -0.315. The monoisotopic (exact) mass is 284 g/mol. The van der Waals surface area contributed by atoms with Gasteiger partial charge < -0.3 is 11.1 Å². The molecule has 1 aromatic heterocycles. The van der Waals surface area contributed by atoms with Crippen LogP contribution in [0.3, 0.4) is 0 Å². The van der Waals surface area contributed by atoms with E-state index in [0.29, 0.717) is 11.4 Å². The smallest absolute Gasteiger partial charge is 0.399 e. The molecule has 1 aromatic carbocycles. The summed E-state index contributed by atoms with van der Waals surface area (Å²) in [6, 6.07) is 7.29. The molecule has 0 saturated heterocycles.